The van der Waals surface area contributed by atoms with E-state index in [0.29, 0.717) is 6.42 Å². The summed E-state index contributed by atoms with van der Waals surface area (Å²) < 4.78 is 0. The number of nitrogens with zero attached hydrogens (tertiary/aromatic N) is 1. The average molecular weight is 219 g/mol. The second-order valence-corrected chi connectivity index (χ2v) is 4.19. The van der Waals surface area contributed by atoms with Crippen LogP contribution in [0.25, 0.3) is 0 Å². The third-order valence-electron chi connectivity index (χ3n) is 3.18. The number of aliphatic hydroxyl groups excluding tert-OH is 1. The lowest BCUT2D eigenvalue weighted by molar-refractivity contribution is -0.118. The number of anilines is 1. The van der Waals surface area contributed by atoms with Crippen molar-refractivity contribution >= 4 is 11.6 Å². The number of carbonyl (C=O) groups excluding carboxylic acids is 1. The van der Waals surface area contributed by atoms with Crippen LogP contribution >= 0.6 is 0 Å². The lowest BCUT2D eigenvalue weighted by atomic mass is 9.94. The number of aliphatic hydroxyl groups is 1. The van der Waals surface area contributed by atoms with Gasteiger partial charge in [-0.05, 0) is 36.5 Å². The lowest BCUT2D eigenvalue weighted by Gasteiger charge is -2.27. The highest BCUT2D eigenvalue weighted by Crippen LogP contribution is 2.29. The Morgan fingerprint density at radius 3 is 2.94 bits per heavy atom. The monoisotopic (exact) mass is 219 g/mol. The van der Waals surface area contributed by atoms with Crippen LogP contribution in [0.15, 0.2) is 18.2 Å². The van der Waals surface area contributed by atoms with Crippen molar-refractivity contribution in [1.29, 1.82) is 0 Å². The van der Waals surface area contributed by atoms with Crippen molar-refractivity contribution in [3.63, 3.8) is 0 Å². The van der Waals surface area contributed by atoms with E-state index in [4.69, 9.17) is 5.11 Å². The van der Waals surface area contributed by atoms with Crippen molar-refractivity contribution in [3.8, 4) is 0 Å². The highest BCUT2D eigenvalue weighted by Gasteiger charge is 2.22. The number of amides is 1. The number of aryl methyl sites for hydroxylation is 1. The molecule has 0 bridgehead atoms. The van der Waals surface area contributed by atoms with Crippen molar-refractivity contribution in [1.82, 2.24) is 0 Å². The summed E-state index contributed by atoms with van der Waals surface area (Å²) in [6.07, 6.45) is 3.11. The Labute approximate surface area is 95.7 Å². The number of hydrogen-bond donors (Lipinski definition) is 1. The predicted octanol–water partition coefficient (Wildman–Crippen LogP) is 1.52. The molecule has 0 aliphatic carbocycles. The van der Waals surface area contributed by atoms with Crippen molar-refractivity contribution in [3.05, 3.63) is 29.3 Å². The van der Waals surface area contributed by atoms with Crippen LogP contribution in [0.4, 0.5) is 5.69 Å². The first-order valence-electron chi connectivity index (χ1n) is 5.72. The Balaban J connectivity index is 2.33. The topological polar surface area (TPSA) is 40.5 Å². The minimum atomic E-state index is 0.187. The van der Waals surface area contributed by atoms with Gasteiger partial charge >= 0.3 is 0 Å². The Hall–Kier alpha value is -1.35. The maximum absolute atomic E-state index is 11.6. The SMILES string of the molecule is CN1C(=O)CCc2c(CCCO)cccc21. The number of fused-ring (bicyclic) bond motifs is 1. The minimum absolute atomic E-state index is 0.187. The molecule has 1 heterocycles. The average Bonchev–Trinajstić information content (AvgIpc) is 2.31. The van der Waals surface area contributed by atoms with Gasteiger partial charge < -0.3 is 10.0 Å². The van der Waals surface area contributed by atoms with Gasteiger partial charge in [0.25, 0.3) is 0 Å². The van der Waals surface area contributed by atoms with Crippen LogP contribution in [0.3, 0.4) is 0 Å². The zero-order valence-corrected chi connectivity index (χ0v) is 9.57. The standard InChI is InChI=1S/C13H17NO2/c1-14-12-6-2-4-10(5-3-9-15)11(12)7-8-13(14)16/h2,4,6,15H,3,5,7-9H2,1H3. The molecule has 0 radical (unpaired) electrons. The molecule has 0 saturated heterocycles. The van der Waals surface area contributed by atoms with Gasteiger partial charge in [-0.3, -0.25) is 4.79 Å². The van der Waals surface area contributed by atoms with E-state index in [1.807, 2.05) is 19.2 Å². The van der Waals surface area contributed by atoms with Crippen molar-refractivity contribution in [2.24, 2.45) is 0 Å². The van der Waals surface area contributed by atoms with E-state index in [9.17, 15) is 4.79 Å². The largest absolute Gasteiger partial charge is 0.396 e. The summed E-state index contributed by atoms with van der Waals surface area (Å²) in [6.45, 7) is 0.221. The maximum atomic E-state index is 11.6. The van der Waals surface area contributed by atoms with Crippen LogP contribution < -0.4 is 4.90 Å². The molecule has 3 nitrogen and oxygen atoms in total. The van der Waals surface area contributed by atoms with Crippen LogP contribution in [0.5, 0.6) is 0 Å². The van der Waals surface area contributed by atoms with E-state index >= 15 is 0 Å². The summed E-state index contributed by atoms with van der Waals surface area (Å²) in [5, 5.41) is 8.86. The summed E-state index contributed by atoms with van der Waals surface area (Å²) >= 11 is 0. The number of hydrogen-bond acceptors (Lipinski definition) is 2. The molecule has 86 valence electrons. The van der Waals surface area contributed by atoms with Crippen LogP contribution in [-0.2, 0) is 17.6 Å². The van der Waals surface area contributed by atoms with Crippen molar-refractivity contribution in [2.75, 3.05) is 18.6 Å². The molecule has 1 aliphatic rings. The lowest BCUT2D eigenvalue weighted by Crippen LogP contribution is -2.31. The van der Waals surface area contributed by atoms with Crippen LogP contribution in [0.2, 0.25) is 0 Å². The highest BCUT2D eigenvalue weighted by atomic mass is 16.2. The number of benzene rings is 1. The molecule has 1 aliphatic heterocycles. The molecule has 16 heavy (non-hydrogen) atoms. The molecular weight excluding hydrogens is 202 g/mol. The molecule has 0 unspecified atom stereocenters. The molecule has 3 heteroatoms. The summed E-state index contributed by atoms with van der Waals surface area (Å²) in [5.41, 5.74) is 3.58. The predicted molar refractivity (Wildman–Crippen MR) is 63.6 cm³/mol. The third-order valence-corrected chi connectivity index (χ3v) is 3.18. The molecule has 0 atom stereocenters. The molecule has 1 N–H and O–H groups in total. The smallest absolute Gasteiger partial charge is 0.227 e. The Kier molecular flexibility index (Phi) is 3.25. The maximum Gasteiger partial charge on any atom is 0.227 e. The van der Waals surface area contributed by atoms with Gasteiger partial charge in [-0.1, -0.05) is 12.1 Å². The molecule has 0 saturated carbocycles. The third kappa shape index (κ3) is 1.95. The molecule has 1 aromatic rings. The van der Waals surface area contributed by atoms with Gasteiger partial charge in [0.15, 0.2) is 0 Å². The fourth-order valence-corrected chi connectivity index (χ4v) is 2.26. The van der Waals surface area contributed by atoms with Gasteiger partial charge in [0.2, 0.25) is 5.91 Å². The second kappa shape index (κ2) is 4.66. The highest BCUT2D eigenvalue weighted by molar-refractivity contribution is 5.96. The van der Waals surface area contributed by atoms with Gasteiger partial charge in [0.05, 0.1) is 0 Å². The zero-order valence-electron chi connectivity index (χ0n) is 9.57. The van der Waals surface area contributed by atoms with E-state index in [0.717, 1.165) is 24.9 Å². The second-order valence-electron chi connectivity index (χ2n) is 4.19. The van der Waals surface area contributed by atoms with Crippen LogP contribution in [0, 0.1) is 0 Å². The normalized spacial score (nSPS) is 15.1. The summed E-state index contributed by atoms with van der Waals surface area (Å²) in [7, 11) is 1.83. The Bertz CT molecular complexity index is 401. The number of rotatable bonds is 3. The van der Waals surface area contributed by atoms with Crippen LogP contribution in [0.1, 0.15) is 24.0 Å². The summed E-state index contributed by atoms with van der Waals surface area (Å²) in [4.78, 5) is 13.3. The fraction of sp³-hybridized carbons (Fsp3) is 0.462. The van der Waals surface area contributed by atoms with Gasteiger partial charge in [0.1, 0.15) is 0 Å². The first-order valence-corrected chi connectivity index (χ1v) is 5.72. The first-order chi connectivity index (χ1) is 7.74. The molecule has 2 rings (SSSR count). The van der Waals surface area contributed by atoms with Gasteiger partial charge in [0, 0.05) is 25.8 Å². The molecule has 1 aromatic carbocycles. The Morgan fingerprint density at radius 2 is 2.19 bits per heavy atom. The van der Waals surface area contributed by atoms with Gasteiger partial charge in [-0.25, -0.2) is 0 Å². The van der Waals surface area contributed by atoms with Crippen LogP contribution in [-0.4, -0.2) is 24.7 Å². The van der Waals surface area contributed by atoms with Crippen molar-refractivity contribution in [2.45, 2.75) is 25.7 Å². The molecule has 1 amide bonds. The quantitative estimate of drug-likeness (QED) is 0.837. The Morgan fingerprint density at radius 1 is 1.38 bits per heavy atom. The van der Waals surface area contributed by atoms with E-state index in [-0.39, 0.29) is 12.5 Å². The van der Waals surface area contributed by atoms with Gasteiger partial charge in [-0.2, -0.15) is 0 Å². The van der Waals surface area contributed by atoms with E-state index in [1.54, 1.807) is 4.90 Å². The molecule has 0 fully saturated rings. The zero-order chi connectivity index (χ0) is 11.5. The molecule has 0 aromatic heterocycles. The van der Waals surface area contributed by atoms with Gasteiger partial charge in [-0.15, -0.1) is 0 Å². The first kappa shape index (κ1) is 11.1. The van der Waals surface area contributed by atoms with E-state index in [1.165, 1.54) is 11.1 Å². The number of carbonyl (C=O) groups is 1. The summed E-state index contributed by atoms with van der Waals surface area (Å²) in [5.74, 6) is 0.187. The molecular formula is C13H17NO2. The summed E-state index contributed by atoms with van der Waals surface area (Å²) in [6, 6.07) is 6.08. The van der Waals surface area contributed by atoms with E-state index < -0.39 is 0 Å². The van der Waals surface area contributed by atoms with E-state index in [2.05, 4.69) is 6.07 Å². The molecule has 0 spiro atoms. The van der Waals surface area contributed by atoms with Crippen molar-refractivity contribution < 1.29 is 9.90 Å². The fourth-order valence-electron chi connectivity index (χ4n) is 2.26. The minimum Gasteiger partial charge on any atom is -0.396 e.